The molecule has 1 aromatic carbocycles. The van der Waals surface area contributed by atoms with Crippen LogP contribution >= 0.6 is 11.6 Å². The van der Waals surface area contributed by atoms with Gasteiger partial charge in [0.15, 0.2) is 0 Å². The maximum Gasteiger partial charge on any atom is 0.296 e. The van der Waals surface area contributed by atoms with Crippen molar-refractivity contribution in [1.29, 1.82) is 0 Å². The van der Waals surface area contributed by atoms with Crippen LogP contribution in [-0.2, 0) is 16.0 Å². The molecule has 72 valence electrons. The highest BCUT2D eigenvalue weighted by molar-refractivity contribution is 7.86. The minimum Gasteiger partial charge on any atom is -0.398 e. The predicted octanol–water partition coefficient (Wildman–Crippen LogP) is 1.25. The van der Waals surface area contributed by atoms with Gasteiger partial charge in [0, 0.05) is 5.88 Å². The summed E-state index contributed by atoms with van der Waals surface area (Å²) in [5.41, 5.74) is 5.95. The lowest BCUT2D eigenvalue weighted by molar-refractivity contribution is 0.483. The van der Waals surface area contributed by atoms with Crippen molar-refractivity contribution in [2.75, 3.05) is 5.73 Å². The van der Waals surface area contributed by atoms with Crippen LogP contribution in [0.2, 0.25) is 0 Å². The Morgan fingerprint density at radius 1 is 1.46 bits per heavy atom. The Kier molecular flexibility index (Phi) is 2.80. The molecular formula is C7H8ClNO3S. The summed E-state index contributed by atoms with van der Waals surface area (Å²) in [5, 5.41) is 0. The molecule has 4 nitrogen and oxygen atoms in total. The number of nitrogens with two attached hydrogens (primary N) is 1. The van der Waals surface area contributed by atoms with Crippen molar-refractivity contribution in [3.05, 3.63) is 23.8 Å². The summed E-state index contributed by atoms with van der Waals surface area (Å²) in [6, 6.07) is 4.23. The van der Waals surface area contributed by atoms with E-state index < -0.39 is 10.1 Å². The van der Waals surface area contributed by atoms with Crippen LogP contribution in [0.25, 0.3) is 0 Å². The first kappa shape index (κ1) is 10.3. The topological polar surface area (TPSA) is 80.4 Å². The quantitative estimate of drug-likeness (QED) is 0.448. The van der Waals surface area contributed by atoms with Crippen LogP contribution in [0.4, 0.5) is 5.69 Å². The third kappa shape index (κ3) is 2.33. The van der Waals surface area contributed by atoms with Crippen molar-refractivity contribution in [3.8, 4) is 0 Å². The second-order valence-corrected chi connectivity index (χ2v) is 4.14. The molecule has 1 rings (SSSR count). The SMILES string of the molecule is Nc1ccc(CCl)cc1S(=O)(=O)O. The average Bonchev–Trinajstić information content (AvgIpc) is 2.03. The number of alkyl halides is 1. The van der Waals surface area contributed by atoms with Gasteiger partial charge in [0.1, 0.15) is 4.90 Å². The summed E-state index contributed by atoms with van der Waals surface area (Å²) in [4.78, 5) is -0.300. The summed E-state index contributed by atoms with van der Waals surface area (Å²) >= 11 is 5.48. The first-order chi connectivity index (χ1) is 5.95. The number of hydrogen-bond acceptors (Lipinski definition) is 3. The van der Waals surface area contributed by atoms with Crippen LogP contribution in [0, 0.1) is 0 Å². The molecule has 1 aromatic rings. The van der Waals surface area contributed by atoms with E-state index >= 15 is 0 Å². The largest absolute Gasteiger partial charge is 0.398 e. The zero-order valence-electron chi connectivity index (χ0n) is 6.57. The first-order valence-electron chi connectivity index (χ1n) is 3.37. The molecule has 3 N–H and O–H groups in total. The molecule has 0 unspecified atom stereocenters. The van der Waals surface area contributed by atoms with Gasteiger partial charge in [-0.25, -0.2) is 0 Å². The van der Waals surface area contributed by atoms with Crippen LogP contribution in [0.1, 0.15) is 5.56 Å². The zero-order valence-corrected chi connectivity index (χ0v) is 8.14. The van der Waals surface area contributed by atoms with E-state index in [-0.39, 0.29) is 16.5 Å². The molecule has 6 heteroatoms. The predicted molar refractivity (Wildman–Crippen MR) is 50.2 cm³/mol. The molecule has 0 spiro atoms. The number of benzene rings is 1. The highest BCUT2D eigenvalue weighted by Crippen LogP contribution is 2.20. The Hall–Kier alpha value is -0.780. The van der Waals surface area contributed by atoms with Crippen LogP contribution in [0.5, 0.6) is 0 Å². The maximum absolute atomic E-state index is 10.8. The lowest BCUT2D eigenvalue weighted by atomic mass is 10.2. The first-order valence-corrected chi connectivity index (χ1v) is 5.34. The molecule has 0 radical (unpaired) electrons. The molecule has 0 aliphatic heterocycles. The molecule has 0 saturated heterocycles. The number of hydrogen-bond donors (Lipinski definition) is 2. The highest BCUT2D eigenvalue weighted by Gasteiger charge is 2.13. The second-order valence-electron chi connectivity index (χ2n) is 2.48. The zero-order chi connectivity index (χ0) is 10.1. The van der Waals surface area contributed by atoms with Crippen molar-refractivity contribution in [1.82, 2.24) is 0 Å². The summed E-state index contributed by atoms with van der Waals surface area (Å²) < 4.78 is 30.2. The van der Waals surface area contributed by atoms with E-state index in [4.69, 9.17) is 21.9 Å². The van der Waals surface area contributed by atoms with Crippen molar-refractivity contribution in [2.24, 2.45) is 0 Å². The monoisotopic (exact) mass is 221 g/mol. The molecule has 0 heterocycles. The van der Waals surface area contributed by atoms with E-state index in [1.54, 1.807) is 6.07 Å². The summed E-state index contributed by atoms with van der Waals surface area (Å²) in [6.45, 7) is 0. The fraction of sp³-hybridized carbons (Fsp3) is 0.143. The second kappa shape index (κ2) is 3.53. The van der Waals surface area contributed by atoms with Gasteiger partial charge in [-0.05, 0) is 17.7 Å². The van der Waals surface area contributed by atoms with Gasteiger partial charge in [-0.2, -0.15) is 8.42 Å². The lowest BCUT2D eigenvalue weighted by Gasteiger charge is -2.03. The molecule has 0 aromatic heterocycles. The van der Waals surface area contributed by atoms with Crippen LogP contribution in [0.3, 0.4) is 0 Å². The van der Waals surface area contributed by atoms with E-state index in [1.165, 1.54) is 12.1 Å². The summed E-state index contributed by atoms with van der Waals surface area (Å²) in [7, 11) is -4.25. The normalized spacial score (nSPS) is 11.5. The van der Waals surface area contributed by atoms with Crippen molar-refractivity contribution >= 4 is 27.4 Å². The molecular weight excluding hydrogens is 214 g/mol. The summed E-state index contributed by atoms with van der Waals surface area (Å²) in [5.74, 6) is 0.169. The molecule has 0 aliphatic carbocycles. The van der Waals surface area contributed by atoms with Crippen molar-refractivity contribution in [3.63, 3.8) is 0 Å². The molecule has 0 bridgehead atoms. The van der Waals surface area contributed by atoms with Gasteiger partial charge >= 0.3 is 0 Å². The summed E-state index contributed by atoms with van der Waals surface area (Å²) in [6.07, 6.45) is 0. The van der Waals surface area contributed by atoms with E-state index in [9.17, 15) is 8.42 Å². The molecule has 0 saturated carbocycles. The minimum absolute atomic E-state index is 0.0105. The van der Waals surface area contributed by atoms with Gasteiger partial charge in [-0.3, -0.25) is 4.55 Å². The van der Waals surface area contributed by atoms with Crippen LogP contribution in [-0.4, -0.2) is 13.0 Å². The van der Waals surface area contributed by atoms with E-state index in [0.717, 1.165) is 0 Å². The Labute approximate surface area is 81.1 Å². The van der Waals surface area contributed by atoms with E-state index in [1.807, 2.05) is 0 Å². The molecule has 0 atom stereocenters. The Morgan fingerprint density at radius 3 is 2.54 bits per heavy atom. The number of nitrogen functional groups attached to an aromatic ring is 1. The minimum atomic E-state index is -4.25. The van der Waals surface area contributed by atoms with Crippen molar-refractivity contribution < 1.29 is 13.0 Å². The Balaban J connectivity index is 3.36. The van der Waals surface area contributed by atoms with Crippen molar-refractivity contribution in [2.45, 2.75) is 10.8 Å². The maximum atomic E-state index is 10.8. The number of anilines is 1. The van der Waals surface area contributed by atoms with Gasteiger partial charge in [-0.1, -0.05) is 6.07 Å². The number of halogens is 1. The van der Waals surface area contributed by atoms with Crippen LogP contribution in [0.15, 0.2) is 23.1 Å². The third-order valence-electron chi connectivity index (χ3n) is 1.51. The lowest BCUT2D eigenvalue weighted by Crippen LogP contribution is -2.03. The fourth-order valence-electron chi connectivity index (χ4n) is 0.885. The average molecular weight is 222 g/mol. The van der Waals surface area contributed by atoms with Crippen LogP contribution < -0.4 is 5.73 Å². The van der Waals surface area contributed by atoms with Gasteiger partial charge in [-0.15, -0.1) is 11.6 Å². The van der Waals surface area contributed by atoms with Gasteiger partial charge in [0.25, 0.3) is 10.1 Å². The smallest absolute Gasteiger partial charge is 0.296 e. The fourth-order valence-corrected chi connectivity index (χ4v) is 1.72. The van der Waals surface area contributed by atoms with E-state index in [0.29, 0.717) is 5.56 Å². The third-order valence-corrected chi connectivity index (χ3v) is 2.73. The Bertz CT molecular complexity index is 416. The van der Waals surface area contributed by atoms with Gasteiger partial charge in [0.05, 0.1) is 5.69 Å². The number of rotatable bonds is 2. The van der Waals surface area contributed by atoms with E-state index in [2.05, 4.69) is 0 Å². The van der Waals surface area contributed by atoms with Gasteiger partial charge in [0.2, 0.25) is 0 Å². The molecule has 0 aliphatic rings. The molecule has 0 fully saturated rings. The standard InChI is InChI=1S/C7H8ClNO3S/c8-4-5-1-2-6(9)7(3-5)13(10,11)12/h1-3H,4,9H2,(H,10,11,12). The highest BCUT2D eigenvalue weighted by atomic mass is 35.5. The molecule has 0 amide bonds. The Morgan fingerprint density at radius 2 is 2.08 bits per heavy atom. The molecule has 13 heavy (non-hydrogen) atoms. The van der Waals surface area contributed by atoms with Gasteiger partial charge < -0.3 is 5.73 Å².